The molecule has 0 radical (unpaired) electrons. The van der Waals surface area contributed by atoms with Crippen molar-refractivity contribution in [2.75, 3.05) is 0 Å². The van der Waals surface area contributed by atoms with Gasteiger partial charge < -0.3 is 9.30 Å². The van der Waals surface area contributed by atoms with Crippen molar-refractivity contribution < 1.29 is 14.3 Å². The van der Waals surface area contributed by atoms with Crippen molar-refractivity contribution in [1.29, 1.82) is 0 Å². The van der Waals surface area contributed by atoms with Gasteiger partial charge in [-0.1, -0.05) is 41.9 Å². The summed E-state index contributed by atoms with van der Waals surface area (Å²) in [5.41, 5.74) is 2.77. The summed E-state index contributed by atoms with van der Waals surface area (Å²) < 4.78 is 7.27. The van der Waals surface area contributed by atoms with E-state index < -0.39 is 12.0 Å². The standard InChI is InChI=1S/C22H20ClNO3/c1-14-13-20(21(25)17-7-5-4-6-8-17)15(2)24(14)16(3)22(26)27-19-11-9-18(23)10-12-19/h4-13,16H,1-3H3. The second-order valence-electron chi connectivity index (χ2n) is 6.40. The van der Waals surface area contributed by atoms with Crippen molar-refractivity contribution in [3.05, 3.63) is 88.2 Å². The van der Waals surface area contributed by atoms with E-state index in [1.807, 2.05) is 42.7 Å². The van der Waals surface area contributed by atoms with Crippen LogP contribution in [-0.2, 0) is 4.79 Å². The van der Waals surface area contributed by atoms with E-state index in [1.54, 1.807) is 43.3 Å². The third-order valence-electron chi connectivity index (χ3n) is 4.53. The van der Waals surface area contributed by atoms with Crippen LogP contribution in [0.2, 0.25) is 5.02 Å². The summed E-state index contributed by atoms with van der Waals surface area (Å²) >= 11 is 5.85. The van der Waals surface area contributed by atoms with Gasteiger partial charge in [0, 0.05) is 27.5 Å². The van der Waals surface area contributed by atoms with Crippen LogP contribution in [0.3, 0.4) is 0 Å². The molecule has 0 saturated carbocycles. The zero-order valence-electron chi connectivity index (χ0n) is 15.4. The highest BCUT2D eigenvalue weighted by molar-refractivity contribution is 6.30. The number of carbonyl (C=O) groups is 2. The van der Waals surface area contributed by atoms with Crippen LogP contribution < -0.4 is 4.74 Å². The van der Waals surface area contributed by atoms with Crippen molar-refractivity contribution in [1.82, 2.24) is 4.57 Å². The van der Waals surface area contributed by atoms with Crippen LogP contribution >= 0.6 is 11.6 Å². The van der Waals surface area contributed by atoms with Crippen molar-refractivity contribution in [2.45, 2.75) is 26.8 Å². The topological polar surface area (TPSA) is 48.3 Å². The Bertz CT molecular complexity index is 975. The van der Waals surface area contributed by atoms with E-state index in [9.17, 15) is 9.59 Å². The lowest BCUT2D eigenvalue weighted by Gasteiger charge is -2.17. The fourth-order valence-electron chi connectivity index (χ4n) is 3.16. The zero-order chi connectivity index (χ0) is 19.6. The monoisotopic (exact) mass is 381 g/mol. The smallest absolute Gasteiger partial charge is 0.334 e. The summed E-state index contributed by atoms with van der Waals surface area (Å²) in [6.45, 7) is 5.48. The van der Waals surface area contributed by atoms with E-state index in [1.165, 1.54) is 0 Å². The van der Waals surface area contributed by atoms with Crippen LogP contribution in [0, 0.1) is 13.8 Å². The maximum atomic E-state index is 12.8. The minimum atomic E-state index is -0.571. The summed E-state index contributed by atoms with van der Waals surface area (Å²) in [7, 11) is 0. The number of carbonyl (C=O) groups excluding carboxylic acids is 2. The summed E-state index contributed by atoms with van der Waals surface area (Å²) in [5.74, 6) is -0.0367. The summed E-state index contributed by atoms with van der Waals surface area (Å²) in [4.78, 5) is 25.4. The van der Waals surface area contributed by atoms with Gasteiger partial charge in [0.25, 0.3) is 0 Å². The number of hydrogen-bond acceptors (Lipinski definition) is 3. The van der Waals surface area contributed by atoms with Crippen LogP contribution in [0.25, 0.3) is 0 Å². The first-order chi connectivity index (χ1) is 12.9. The molecule has 0 aliphatic heterocycles. The molecule has 2 aromatic carbocycles. The summed E-state index contributed by atoms with van der Waals surface area (Å²) in [6, 6.07) is 17.0. The molecule has 4 nitrogen and oxygen atoms in total. The Morgan fingerprint density at radius 3 is 2.26 bits per heavy atom. The molecule has 0 bridgehead atoms. The molecule has 1 atom stereocenters. The highest BCUT2D eigenvalue weighted by atomic mass is 35.5. The van der Waals surface area contributed by atoms with Crippen molar-refractivity contribution >= 4 is 23.4 Å². The first kappa shape index (κ1) is 18.9. The number of ketones is 1. The average molecular weight is 382 g/mol. The Morgan fingerprint density at radius 2 is 1.63 bits per heavy atom. The van der Waals surface area contributed by atoms with E-state index in [4.69, 9.17) is 16.3 Å². The molecule has 0 aliphatic carbocycles. The molecule has 138 valence electrons. The highest BCUT2D eigenvalue weighted by Crippen LogP contribution is 2.25. The quantitative estimate of drug-likeness (QED) is 0.348. The SMILES string of the molecule is Cc1cc(C(=O)c2ccccc2)c(C)n1C(C)C(=O)Oc1ccc(Cl)cc1. The molecule has 0 saturated heterocycles. The van der Waals surface area contributed by atoms with E-state index in [-0.39, 0.29) is 5.78 Å². The second-order valence-corrected chi connectivity index (χ2v) is 6.84. The Balaban J connectivity index is 1.86. The van der Waals surface area contributed by atoms with Crippen LogP contribution in [0.15, 0.2) is 60.7 Å². The number of aryl methyl sites for hydroxylation is 1. The molecule has 0 aliphatic rings. The first-order valence-corrected chi connectivity index (χ1v) is 9.01. The Hall–Kier alpha value is -2.85. The van der Waals surface area contributed by atoms with Crippen LogP contribution in [0.1, 0.15) is 40.3 Å². The molecule has 0 amide bonds. The predicted octanol–water partition coefficient (Wildman–Crippen LogP) is 5.16. The number of halogens is 1. The number of rotatable bonds is 5. The van der Waals surface area contributed by atoms with Crippen molar-refractivity contribution in [3.8, 4) is 5.75 Å². The predicted molar refractivity (Wildman–Crippen MR) is 106 cm³/mol. The molecule has 1 heterocycles. The first-order valence-electron chi connectivity index (χ1n) is 8.64. The number of esters is 1. The number of aromatic nitrogens is 1. The molecule has 1 unspecified atom stereocenters. The van der Waals surface area contributed by atoms with Gasteiger partial charge in [0.2, 0.25) is 0 Å². The maximum absolute atomic E-state index is 12.8. The molecule has 1 aromatic heterocycles. The summed E-state index contributed by atoms with van der Waals surface area (Å²) in [5, 5.41) is 0.573. The highest BCUT2D eigenvalue weighted by Gasteiger charge is 2.24. The minimum absolute atomic E-state index is 0.0618. The molecule has 5 heteroatoms. The van der Waals surface area contributed by atoms with Gasteiger partial charge in [-0.3, -0.25) is 4.79 Å². The molecule has 0 N–H and O–H groups in total. The van der Waals surface area contributed by atoms with E-state index in [2.05, 4.69) is 0 Å². The lowest BCUT2D eigenvalue weighted by molar-refractivity contribution is -0.137. The number of benzene rings is 2. The van der Waals surface area contributed by atoms with Crippen molar-refractivity contribution in [3.63, 3.8) is 0 Å². The van der Waals surface area contributed by atoms with Gasteiger partial charge in [-0.25, -0.2) is 4.79 Å². The van der Waals surface area contributed by atoms with E-state index in [0.29, 0.717) is 21.9 Å². The number of nitrogens with zero attached hydrogens (tertiary/aromatic N) is 1. The van der Waals surface area contributed by atoms with Crippen LogP contribution in [-0.4, -0.2) is 16.3 Å². The molecular weight excluding hydrogens is 362 g/mol. The summed E-state index contributed by atoms with van der Waals surface area (Å²) in [6.07, 6.45) is 0. The minimum Gasteiger partial charge on any atom is -0.425 e. The number of hydrogen-bond donors (Lipinski definition) is 0. The lowest BCUT2D eigenvalue weighted by atomic mass is 10.0. The Kier molecular flexibility index (Phi) is 5.47. The van der Waals surface area contributed by atoms with E-state index in [0.717, 1.165) is 11.4 Å². The van der Waals surface area contributed by atoms with Gasteiger partial charge in [-0.15, -0.1) is 0 Å². The molecular formula is C22H20ClNO3. The second kappa shape index (κ2) is 7.80. The van der Waals surface area contributed by atoms with Gasteiger partial charge in [0.1, 0.15) is 11.8 Å². The third kappa shape index (κ3) is 3.96. The van der Waals surface area contributed by atoms with Gasteiger partial charge in [-0.2, -0.15) is 0 Å². The van der Waals surface area contributed by atoms with Crippen LogP contribution in [0.4, 0.5) is 0 Å². The molecule has 27 heavy (non-hydrogen) atoms. The van der Waals surface area contributed by atoms with Gasteiger partial charge in [0.15, 0.2) is 5.78 Å². The molecule has 0 fully saturated rings. The van der Waals surface area contributed by atoms with Crippen molar-refractivity contribution in [2.24, 2.45) is 0 Å². The van der Waals surface area contributed by atoms with Gasteiger partial charge in [0.05, 0.1) is 0 Å². The maximum Gasteiger partial charge on any atom is 0.334 e. The Morgan fingerprint density at radius 1 is 1.00 bits per heavy atom. The largest absolute Gasteiger partial charge is 0.425 e. The Labute approximate surface area is 163 Å². The van der Waals surface area contributed by atoms with Gasteiger partial charge >= 0.3 is 5.97 Å². The van der Waals surface area contributed by atoms with Crippen LogP contribution in [0.5, 0.6) is 5.75 Å². The van der Waals surface area contributed by atoms with Gasteiger partial charge in [-0.05, 0) is 51.1 Å². The molecule has 0 spiro atoms. The lowest BCUT2D eigenvalue weighted by Crippen LogP contribution is -2.23. The molecule has 3 rings (SSSR count). The fraction of sp³-hybridized carbons (Fsp3) is 0.182. The zero-order valence-corrected chi connectivity index (χ0v) is 16.2. The molecule has 3 aromatic rings. The average Bonchev–Trinajstić information content (AvgIpc) is 2.97. The number of ether oxygens (including phenoxy) is 1. The fourth-order valence-corrected chi connectivity index (χ4v) is 3.28. The normalized spacial score (nSPS) is 11.9. The third-order valence-corrected chi connectivity index (χ3v) is 4.78. The van der Waals surface area contributed by atoms with E-state index >= 15 is 0 Å².